The number of furan rings is 1. The van der Waals surface area contributed by atoms with Crippen LogP contribution in [0.15, 0.2) is 41.2 Å². The third-order valence-electron chi connectivity index (χ3n) is 5.07. The van der Waals surface area contributed by atoms with E-state index < -0.39 is 11.8 Å². The maximum Gasteiger partial charge on any atom is 0.313 e. The molecule has 9 heteroatoms. The zero-order chi connectivity index (χ0) is 21.5. The van der Waals surface area contributed by atoms with E-state index in [0.717, 1.165) is 12.8 Å². The molecule has 160 valence electrons. The predicted molar refractivity (Wildman–Crippen MR) is 109 cm³/mol. The van der Waals surface area contributed by atoms with E-state index in [1.807, 2.05) is 0 Å². The average Bonchev–Trinajstić information content (AvgIpc) is 3.32. The number of amides is 3. The van der Waals surface area contributed by atoms with Gasteiger partial charge in [0.15, 0.2) is 11.5 Å². The third-order valence-corrected chi connectivity index (χ3v) is 5.07. The fourth-order valence-electron chi connectivity index (χ4n) is 3.33. The number of anilines is 1. The van der Waals surface area contributed by atoms with Crippen LogP contribution in [0, 0.1) is 5.92 Å². The number of piperidine rings is 1. The van der Waals surface area contributed by atoms with E-state index in [1.165, 1.54) is 26.7 Å². The molecule has 3 rings (SSSR count). The fourth-order valence-corrected chi connectivity index (χ4v) is 3.33. The summed E-state index contributed by atoms with van der Waals surface area (Å²) in [6, 6.07) is 6.49. The van der Waals surface area contributed by atoms with Gasteiger partial charge in [0.1, 0.15) is 6.26 Å². The first-order valence-corrected chi connectivity index (χ1v) is 9.64. The number of ether oxygens (including phenoxy) is 2. The quantitative estimate of drug-likeness (QED) is 0.698. The van der Waals surface area contributed by atoms with Crippen LogP contribution < -0.4 is 20.1 Å². The molecule has 0 atom stereocenters. The van der Waals surface area contributed by atoms with Crippen LogP contribution in [0.25, 0.3) is 0 Å². The van der Waals surface area contributed by atoms with Crippen LogP contribution in [0.1, 0.15) is 23.2 Å². The molecule has 0 saturated carbocycles. The van der Waals surface area contributed by atoms with E-state index in [2.05, 4.69) is 10.6 Å². The highest BCUT2D eigenvalue weighted by molar-refractivity contribution is 6.39. The second-order valence-electron chi connectivity index (χ2n) is 6.98. The molecule has 1 aliphatic rings. The summed E-state index contributed by atoms with van der Waals surface area (Å²) in [7, 11) is 3.01. The number of nitrogens with zero attached hydrogens (tertiary/aromatic N) is 1. The van der Waals surface area contributed by atoms with E-state index in [9.17, 15) is 14.4 Å². The fraction of sp³-hybridized carbons (Fsp3) is 0.381. The number of rotatable bonds is 6. The molecule has 2 heterocycles. The molecule has 1 aliphatic heterocycles. The topological polar surface area (TPSA) is 110 Å². The van der Waals surface area contributed by atoms with Gasteiger partial charge in [0.2, 0.25) is 0 Å². The number of carbonyl (C=O) groups is 3. The van der Waals surface area contributed by atoms with Gasteiger partial charge < -0.3 is 29.4 Å². The molecule has 0 unspecified atom stereocenters. The van der Waals surface area contributed by atoms with Crippen molar-refractivity contribution in [2.24, 2.45) is 5.92 Å². The highest BCUT2D eigenvalue weighted by Gasteiger charge is 2.25. The molecule has 0 bridgehead atoms. The Kier molecular flexibility index (Phi) is 6.95. The Hall–Kier alpha value is -3.49. The van der Waals surface area contributed by atoms with Gasteiger partial charge in [-0.15, -0.1) is 0 Å². The van der Waals surface area contributed by atoms with E-state index >= 15 is 0 Å². The first-order valence-electron chi connectivity index (χ1n) is 9.64. The average molecular weight is 415 g/mol. The normalized spacial score (nSPS) is 14.1. The van der Waals surface area contributed by atoms with Crippen LogP contribution in [0.4, 0.5) is 5.69 Å². The predicted octanol–water partition coefficient (Wildman–Crippen LogP) is 1.90. The maximum absolute atomic E-state index is 12.3. The molecule has 1 fully saturated rings. The lowest BCUT2D eigenvalue weighted by molar-refractivity contribution is -0.136. The Labute approximate surface area is 174 Å². The Morgan fingerprint density at radius 1 is 1.07 bits per heavy atom. The van der Waals surface area contributed by atoms with Crippen molar-refractivity contribution in [1.29, 1.82) is 0 Å². The van der Waals surface area contributed by atoms with Crippen molar-refractivity contribution in [2.75, 3.05) is 39.2 Å². The summed E-state index contributed by atoms with van der Waals surface area (Å²) in [4.78, 5) is 38.4. The lowest BCUT2D eigenvalue weighted by Gasteiger charge is -2.31. The molecule has 0 aliphatic carbocycles. The van der Waals surface area contributed by atoms with Crippen molar-refractivity contribution >= 4 is 23.4 Å². The Bertz CT molecular complexity index is 888. The van der Waals surface area contributed by atoms with Gasteiger partial charge in [0.05, 0.1) is 26.0 Å². The summed E-state index contributed by atoms with van der Waals surface area (Å²) >= 11 is 0. The molecule has 30 heavy (non-hydrogen) atoms. The summed E-state index contributed by atoms with van der Waals surface area (Å²) in [6.07, 6.45) is 4.41. The van der Waals surface area contributed by atoms with Gasteiger partial charge in [0.25, 0.3) is 5.91 Å². The zero-order valence-corrected chi connectivity index (χ0v) is 17.0. The number of hydrogen-bond acceptors (Lipinski definition) is 6. The van der Waals surface area contributed by atoms with Gasteiger partial charge in [-0.1, -0.05) is 0 Å². The first-order chi connectivity index (χ1) is 14.5. The molecule has 1 aromatic heterocycles. The Balaban J connectivity index is 1.43. The molecule has 2 aromatic rings. The standard InChI is InChI=1S/C21H25N3O6/c1-28-17-4-3-16(11-18(17)29-2)23-20(26)19(25)22-12-14-5-8-24(9-6-14)21(27)15-7-10-30-13-15/h3-4,7,10-11,13-14H,5-6,8-9,12H2,1-2H3,(H,22,25)(H,23,26). The number of hydrogen-bond donors (Lipinski definition) is 2. The first kappa shape index (κ1) is 21.2. The van der Waals surface area contributed by atoms with Gasteiger partial charge in [-0.2, -0.15) is 0 Å². The maximum atomic E-state index is 12.3. The Morgan fingerprint density at radius 2 is 1.80 bits per heavy atom. The molecule has 0 spiro atoms. The van der Waals surface area contributed by atoms with Crippen LogP contribution in [0.3, 0.4) is 0 Å². The number of benzene rings is 1. The van der Waals surface area contributed by atoms with Gasteiger partial charge in [-0.25, -0.2) is 0 Å². The zero-order valence-electron chi connectivity index (χ0n) is 17.0. The highest BCUT2D eigenvalue weighted by Crippen LogP contribution is 2.29. The minimum atomic E-state index is -0.755. The third kappa shape index (κ3) is 5.11. The second kappa shape index (κ2) is 9.82. The van der Waals surface area contributed by atoms with Crippen LogP contribution in [-0.4, -0.2) is 56.5 Å². The van der Waals surface area contributed by atoms with Crippen LogP contribution in [0.5, 0.6) is 11.5 Å². The largest absolute Gasteiger partial charge is 0.493 e. The Morgan fingerprint density at radius 3 is 2.43 bits per heavy atom. The molecule has 1 aromatic carbocycles. The minimum absolute atomic E-state index is 0.0551. The summed E-state index contributed by atoms with van der Waals surface area (Å²) in [6.45, 7) is 1.58. The van der Waals surface area contributed by atoms with Crippen molar-refractivity contribution in [3.8, 4) is 11.5 Å². The van der Waals surface area contributed by atoms with Crippen LogP contribution in [0.2, 0.25) is 0 Å². The molecule has 3 amide bonds. The highest BCUT2D eigenvalue weighted by atomic mass is 16.5. The lowest BCUT2D eigenvalue weighted by Crippen LogP contribution is -2.43. The minimum Gasteiger partial charge on any atom is -0.493 e. The molecular weight excluding hydrogens is 390 g/mol. The summed E-state index contributed by atoms with van der Waals surface area (Å²) in [5.41, 5.74) is 0.965. The summed E-state index contributed by atoms with van der Waals surface area (Å²) in [5, 5.41) is 5.21. The monoisotopic (exact) mass is 415 g/mol. The number of methoxy groups -OCH3 is 2. The lowest BCUT2D eigenvalue weighted by atomic mass is 9.96. The van der Waals surface area contributed by atoms with Crippen molar-refractivity contribution in [3.63, 3.8) is 0 Å². The summed E-state index contributed by atoms with van der Waals surface area (Å²) < 4.78 is 15.3. The van der Waals surface area contributed by atoms with E-state index in [1.54, 1.807) is 29.2 Å². The summed E-state index contributed by atoms with van der Waals surface area (Å²) in [5.74, 6) is -0.335. The van der Waals surface area contributed by atoms with Crippen molar-refractivity contribution < 1.29 is 28.3 Å². The van der Waals surface area contributed by atoms with Crippen LogP contribution >= 0.6 is 0 Å². The van der Waals surface area contributed by atoms with Crippen molar-refractivity contribution in [1.82, 2.24) is 10.2 Å². The van der Waals surface area contributed by atoms with Gasteiger partial charge in [-0.3, -0.25) is 14.4 Å². The van der Waals surface area contributed by atoms with E-state index in [-0.39, 0.29) is 11.8 Å². The SMILES string of the molecule is COc1ccc(NC(=O)C(=O)NCC2CCN(C(=O)c3ccoc3)CC2)cc1OC. The van der Waals surface area contributed by atoms with Gasteiger partial charge >= 0.3 is 11.8 Å². The van der Waals surface area contributed by atoms with Crippen molar-refractivity contribution in [2.45, 2.75) is 12.8 Å². The molecule has 1 saturated heterocycles. The number of likely N-dealkylation sites (tertiary alicyclic amines) is 1. The van der Waals surface area contributed by atoms with E-state index in [0.29, 0.717) is 42.4 Å². The van der Waals surface area contributed by atoms with Gasteiger partial charge in [-0.05, 0) is 37.0 Å². The smallest absolute Gasteiger partial charge is 0.313 e. The molecule has 2 N–H and O–H groups in total. The molecule has 9 nitrogen and oxygen atoms in total. The van der Waals surface area contributed by atoms with Gasteiger partial charge in [0, 0.05) is 31.4 Å². The van der Waals surface area contributed by atoms with E-state index in [4.69, 9.17) is 13.9 Å². The molecule has 0 radical (unpaired) electrons. The number of nitrogens with one attached hydrogen (secondary N) is 2. The van der Waals surface area contributed by atoms with Crippen molar-refractivity contribution in [3.05, 3.63) is 42.4 Å². The molecular formula is C21H25N3O6. The number of carbonyl (C=O) groups excluding carboxylic acids is 3. The second-order valence-corrected chi connectivity index (χ2v) is 6.98. The van der Waals surface area contributed by atoms with Crippen LogP contribution in [-0.2, 0) is 9.59 Å².